The van der Waals surface area contributed by atoms with Crippen molar-refractivity contribution in [3.8, 4) is 0 Å². The minimum absolute atomic E-state index is 0.0889. The van der Waals surface area contributed by atoms with Crippen molar-refractivity contribution in [2.24, 2.45) is 0 Å². The predicted octanol–water partition coefficient (Wildman–Crippen LogP) is 22.8. The van der Waals surface area contributed by atoms with E-state index in [-0.39, 0.29) is 31.1 Å². The summed E-state index contributed by atoms with van der Waals surface area (Å²) in [4.78, 5) is 38.3. The molecule has 450 valence electrons. The molecule has 0 aliphatic rings. The van der Waals surface area contributed by atoms with E-state index in [9.17, 15) is 14.4 Å². The van der Waals surface area contributed by atoms with Gasteiger partial charge in [0.1, 0.15) is 13.2 Å². The van der Waals surface area contributed by atoms with Crippen LogP contribution in [0.3, 0.4) is 0 Å². The van der Waals surface area contributed by atoms with Gasteiger partial charge >= 0.3 is 17.9 Å². The zero-order valence-corrected chi connectivity index (χ0v) is 51.6. The van der Waals surface area contributed by atoms with Gasteiger partial charge in [0, 0.05) is 19.3 Å². The third kappa shape index (κ3) is 64.5. The molecule has 0 bridgehead atoms. The molecular weight excluding hydrogens is 973 g/mol. The van der Waals surface area contributed by atoms with Crippen LogP contribution >= 0.6 is 0 Å². The second kappa shape index (κ2) is 66.3. The smallest absolute Gasteiger partial charge is 0.306 e. The van der Waals surface area contributed by atoms with E-state index in [1.165, 1.54) is 141 Å². The summed E-state index contributed by atoms with van der Waals surface area (Å²) in [6.45, 7) is 6.51. The van der Waals surface area contributed by atoms with Crippen LogP contribution in [-0.4, -0.2) is 37.2 Å². The van der Waals surface area contributed by atoms with Gasteiger partial charge in [-0.3, -0.25) is 14.4 Å². The zero-order valence-electron chi connectivity index (χ0n) is 51.6. The SMILES string of the molecule is CC/C=C\C/C=C\C/C=C\C/C=C\C/C=C\C/C=C\C/C=C\C/C=C\C/C=C\C/C=C\CCCCC(=O)OCC(COC(=O)CCCCCCCCCCCCCCCC)OC(=O)CCCCCCCCCCCCCCCC. The van der Waals surface area contributed by atoms with E-state index >= 15 is 0 Å². The molecule has 0 N–H and O–H groups in total. The summed E-state index contributed by atoms with van der Waals surface area (Å²) < 4.78 is 16.9. The van der Waals surface area contributed by atoms with Crippen LogP contribution in [0.25, 0.3) is 0 Å². The van der Waals surface area contributed by atoms with E-state index in [1.54, 1.807) is 0 Å². The molecule has 0 aliphatic heterocycles. The number of carbonyl (C=O) groups excluding carboxylic acids is 3. The van der Waals surface area contributed by atoms with Crippen molar-refractivity contribution < 1.29 is 28.6 Å². The highest BCUT2D eigenvalue weighted by atomic mass is 16.6. The summed E-state index contributed by atoms with van der Waals surface area (Å²) in [5.41, 5.74) is 0. The first-order valence-electron chi connectivity index (χ1n) is 33.0. The summed E-state index contributed by atoms with van der Waals surface area (Å²) in [7, 11) is 0. The molecule has 1 unspecified atom stereocenters. The number of ether oxygens (including phenoxy) is 3. The number of unbranched alkanes of at least 4 members (excludes halogenated alkanes) is 28. The van der Waals surface area contributed by atoms with Gasteiger partial charge in [0.05, 0.1) is 0 Å². The molecule has 0 radical (unpaired) electrons. The molecule has 0 aromatic heterocycles. The molecule has 0 aromatic rings. The van der Waals surface area contributed by atoms with Gasteiger partial charge in [-0.1, -0.05) is 309 Å². The third-order valence-corrected chi connectivity index (χ3v) is 14.0. The van der Waals surface area contributed by atoms with Gasteiger partial charge in [-0.25, -0.2) is 0 Å². The van der Waals surface area contributed by atoms with Gasteiger partial charge in [0.2, 0.25) is 0 Å². The van der Waals surface area contributed by atoms with Gasteiger partial charge in [-0.15, -0.1) is 0 Å². The third-order valence-electron chi connectivity index (χ3n) is 14.0. The summed E-state index contributed by atoms with van der Waals surface area (Å²) >= 11 is 0. The van der Waals surface area contributed by atoms with Crippen LogP contribution in [0.15, 0.2) is 122 Å². The fourth-order valence-electron chi connectivity index (χ4n) is 9.06. The minimum atomic E-state index is -0.795. The first-order chi connectivity index (χ1) is 39.0. The van der Waals surface area contributed by atoms with Gasteiger partial charge < -0.3 is 14.2 Å². The quantitative estimate of drug-likeness (QED) is 0.0261. The maximum atomic E-state index is 12.9. The number of rotatable bonds is 59. The van der Waals surface area contributed by atoms with Crippen LogP contribution in [0.4, 0.5) is 0 Å². The standard InChI is InChI=1S/C73H122O6/c1-4-7-10-13-16-19-22-25-28-29-30-31-32-33-34-35-36-37-38-39-40-41-42-43-44-45-46-49-51-54-57-60-63-66-72(75)78-69-70(79-73(76)67-64-61-58-55-52-48-27-24-21-18-15-12-9-6-3)68-77-71(74)65-62-59-56-53-50-47-26-23-20-17-14-11-8-5-2/h7,10,16,19,25,28,30-31,33-34,36-37,39-40,42-43,45-46,51,54,70H,4-6,8-9,11-15,17-18,20-24,26-27,29,32,35,38,41,44,47-50,52-53,55-69H2,1-3H3/b10-7-,19-16-,28-25-,31-30-,34-33-,37-36-,40-39-,43-42-,46-45-,54-51-. The van der Waals surface area contributed by atoms with Crippen LogP contribution < -0.4 is 0 Å². The van der Waals surface area contributed by atoms with Crippen LogP contribution in [0.2, 0.25) is 0 Å². The van der Waals surface area contributed by atoms with Crippen LogP contribution in [0.1, 0.15) is 303 Å². The molecule has 6 nitrogen and oxygen atoms in total. The van der Waals surface area contributed by atoms with Gasteiger partial charge in [0.25, 0.3) is 0 Å². The highest BCUT2D eigenvalue weighted by molar-refractivity contribution is 5.71. The Hall–Kier alpha value is -4.19. The average molecular weight is 1100 g/mol. The van der Waals surface area contributed by atoms with Crippen LogP contribution in [0, 0.1) is 0 Å². The van der Waals surface area contributed by atoms with Crippen molar-refractivity contribution in [2.45, 2.75) is 309 Å². The Morgan fingerprint density at radius 1 is 0.266 bits per heavy atom. The Morgan fingerprint density at radius 3 is 0.772 bits per heavy atom. The Kier molecular flexibility index (Phi) is 62.8. The molecule has 0 aromatic carbocycles. The molecule has 0 aliphatic carbocycles. The second-order valence-electron chi connectivity index (χ2n) is 21.7. The summed E-state index contributed by atoms with van der Waals surface area (Å²) in [6.07, 6.45) is 92.1. The van der Waals surface area contributed by atoms with E-state index < -0.39 is 6.10 Å². The number of hydrogen-bond acceptors (Lipinski definition) is 6. The van der Waals surface area contributed by atoms with E-state index in [4.69, 9.17) is 14.2 Å². The number of carbonyl (C=O) groups is 3. The Balaban J connectivity index is 4.35. The Bertz CT molecular complexity index is 1640. The molecule has 6 heteroatoms. The number of esters is 3. The topological polar surface area (TPSA) is 78.9 Å². The maximum absolute atomic E-state index is 12.9. The summed E-state index contributed by atoms with van der Waals surface area (Å²) in [5.74, 6) is -0.925. The lowest BCUT2D eigenvalue weighted by atomic mass is 10.0. The maximum Gasteiger partial charge on any atom is 0.306 e. The molecule has 0 heterocycles. The minimum Gasteiger partial charge on any atom is -0.462 e. The summed E-state index contributed by atoms with van der Waals surface area (Å²) in [5, 5.41) is 0. The lowest BCUT2D eigenvalue weighted by Crippen LogP contribution is -2.30. The van der Waals surface area contributed by atoms with Crippen molar-refractivity contribution >= 4 is 17.9 Å². The normalized spacial score (nSPS) is 12.9. The lowest BCUT2D eigenvalue weighted by Gasteiger charge is -2.18. The van der Waals surface area contributed by atoms with Crippen molar-refractivity contribution in [1.82, 2.24) is 0 Å². The fraction of sp³-hybridized carbons (Fsp3) is 0.685. The van der Waals surface area contributed by atoms with Crippen molar-refractivity contribution in [3.05, 3.63) is 122 Å². The van der Waals surface area contributed by atoms with Gasteiger partial charge in [0.15, 0.2) is 6.10 Å². The van der Waals surface area contributed by atoms with E-state index in [2.05, 4.69) is 142 Å². The van der Waals surface area contributed by atoms with Crippen LogP contribution in [-0.2, 0) is 28.6 Å². The highest BCUT2D eigenvalue weighted by Crippen LogP contribution is 2.16. The molecular formula is C73H122O6. The predicted molar refractivity (Wildman–Crippen MR) is 343 cm³/mol. The molecule has 0 spiro atoms. The number of allylic oxidation sites excluding steroid dienone is 20. The van der Waals surface area contributed by atoms with Gasteiger partial charge in [-0.2, -0.15) is 0 Å². The molecule has 0 saturated carbocycles. The average Bonchev–Trinajstić information content (AvgIpc) is 3.45. The van der Waals surface area contributed by atoms with Crippen LogP contribution in [0.5, 0.6) is 0 Å². The molecule has 1 atom stereocenters. The van der Waals surface area contributed by atoms with E-state index in [0.29, 0.717) is 19.3 Å². The van der Waals surface area contributed by atoms with E-state index in [0.717, 1.165) is 122 Å². The molecule has 0 fully saturated rings. The van der Waals surface area contributed by atoms with Gasteiger partial charge in [-0.05, 0) is 96.3 Å². The monoisotopic (exact) mass is 1090 g/mol. The zero-order chi connectivity index (χ0) is 57.1. The molecule has 0 amide bonds. The van der Waals surface area contributed by atoms with Crippen molar-refractivity contribution in [3.63, 3.8) is 0 Å². The fourth-order valence-corrected chi connectivity index (χ4v) is 9.06. The molecule has 0 saturated heterocycles. The Labute approximate surface area is 488 Å². The van der Waals surface area contributed by atoms with Crippen molar-refractivity contribution in [1.29, 1.82) is 0 Å². The molecule has 79 heavy (non-hydrogen) atoms. The van der Waals surface area contributed by atoms with Crippen molar-refractivity contribution in [2.75, 3.05) is 13.2 Å². The molecule has 0 rings (SSSR count). The highest BCUT2D eigenvalue weighted by Gasteiger charge is 2.19. The largest absolute Gasteiger partial charge is 0.462 e. The second-order valence-corrected chi connectivity index (χ2v) is 21.7. The van der Waals surface area contributed by atoms with E-state index in [1.807, 2.05) is 0 Å². The Morgan fingerprint density at radius 2 is 0.494 bits per heavy atom. The first-order valence-corrected chi connectivity index (χ1v) is 33.0. The lowest BCUT2D eigenvalue weighted by molar-refractivity contribution is -0.167. The summed E-state index contributed by atoms with van der Waals surface area (Å²) in [6, 6.07) is 0. The first kappa shape index (κ1) is 74.8. The number of hydrogen-bond donors (Lipinski definition) is 0.